The highest BCUT2D eigenvalue weighted by Gasteiger charge is 2.61. The Morgan fingerprint density at radius 3 is 2.76 bits per heavy atom. The van der Waals surface area contributed by atoms with Crippen molar-refractivity contribution in [3.63, 3.8) is 0 Å². The lowest BCUT2D eigenvalue weighted by atomic mass is 9.45. The van der Waals surface area contributed by atoms with Crippen LogP contribution in [0.15, 0.2) is 0 Å². The van der Waals surface area contributed by atoms with Gasteiger partial charge in [0.15, 0.2) is 0 Å². The van der Waals surface area contributed by atoms with Crippen molar-refractivity contribution in [3.8, 4) is 0 Å². The molecule has 4 rings (SSSR count). The maximum absolute atomic E-state index is 13.2. The summed E-state index contributed by atoms with van der Waals surface area (Å²) in [5, 5.41) is 10.1. The Morgan fingerprint density at radius 1 is 1.12 bits per heavy atom. The summed E-state index contributed by atoms with van der Waals surface area (Å²) in [6, 6.07) is 0. The SMILES string of the molecule is CCOOC[C@@]12CCC[C@H]1[C@@H]1C(=O)C[C@H]3C[C@H](O)CC[C@]3(C)[C@H]1CC2. The van der Waals surface area contributed by atoms with Crippen LogP contribution in [0.1, 0.15) is 71.6 Å². The number of fused-ring (bicyclic) bond motifs is 5. The van der Waals surface area contributed by atoms with Gasteiger partial charge in [0.2, 0.25) is 0 Å². The topological polar surface area (TPSA) is 55.8 Å². The van der Waals surface area contributed by atoms with E-state index >= 15 is 0 Å². The van der Waals surface area contributed by atoms with Crippen LogP contribution in [0, 0.1) is 34.5 Å². The molecule has 142 valence electrons. The van der Waals surface area contributed by atoms with Gasteiger partial charge >= 0.3 is 0 Å². The molecule has 4 heteroatoms. The molecule has 4 nitrogen and oxygen atoms in total. The summed E-state index contributed by atoms with van der Waals surface area (Å²) in [7, 11) is 0. The van der Waals surface area contributed by atoms with Crippen molar-refractivity contribution in [2.24, 2.45) is 34.5 Å². The second kappa shape index (κ2) is 6.61. The molecule has 7 atom stereocenters. The Morgan fingerprint density at radius 2 is 1.96 bits per heavy atom. The summed E-state index contributed by atoms with van der Waals surface area (Å²) < 4.78 is 0. The molecule has 25 heavy (non-hydrogen) atoms. The van der Waals surface area contributed by atoms with Crippen LogP contribution in [0.25, 0.3) is 0 Å². The van der Waals surface area contributed by atoms with Gasteiger partial charge in [-0.05, 0) is 75.0 Å². The summed E-state index contributed by atoms with van der Waals surface area (Å²) >= 11 is 0. The van der Waals surface area contributed by atoms with Crippen LogP contribution in [0.4, 0.5) is 0 Å². The van der Waals surface area contributed by atoms with Crippen LogP contribution >= 0.6 is 0 Å². The number of hydrogen-bond acceptors (Lipinski definition) is 4. The molecular weight excluding hydrogens is 316 g/mol. The van der Waals surface area contributed by atoms with Crippen LogP contribution in [0.2, 0.25) is 0 Å². The first-order valence-corrected chi connectivity index (χ1v) is 10.5. The van der Waals surface area contributed by atoms with E-state index in [0.29, 0.717) is 43.2 Å². The Labute approximate surface area is 151 Å². The first-order valence-electron chi connectivity index (χ1n) is 10.5. The van der Waals surface area contributed by atoms with Crippen molar-refractivity contribution in [2.45, 2.75) is 77.7 Å². The number of aliphatic hydroxyl groups is 1. The van der Waals surface area contributed by atoms with Crippen LogP contribution in [-0.4, -0.2) is 30.2 Å². The largest absolute Gasteiger partial charge is 0.393 e. The van der Waals surface area contributed by atoms with Crippen molar-refractivity contribution in [1.82, 2.24) is 0 Å². The van der Waals surface area contributed by atoms with Gasteiger partial charge in [-0.2, -0.15) is 0 Å². The van der Waals surface area contributed by atoms with Crippen LogP contribution < -0.4 is 0 Å². The summed E-state index contributed by atoms with van der Waals surface area (Å²) in [4.78, 5) is 23.9. The molecule has 0 unspecified atom stereocenters. The lowest BCUT2D eigenvalue weighted by Crippen LogP contribution is -2.57. The monoisotopic (exact) mass is 350 g/mol. The minimum atomic E-state index is -0.198. The van der Waals surface area contributed by atoms with E-state index in [1.165, 1.54) is 25.7 Å². The zero-order valence-electron chi connectivity index (χ0n) is 15.8. The molecule has 0 radical (unpaired) electrons. The number of ketones is 1. The van der Waals surface area contributed by atoms with E-state index < -0.39 is 0 Å². The minimum absolute atomic E-state index is 0.156. The van der Waals surface area contributed by atoms with Crippen LogP contribution in [0.3, 0.4) is 0 Å². The molecule has 0 heterocycles. The molecule has 4 aliphatic carbocycles. The van der Waals surface area contributed by atoms with Crippen LogP contribution in [0.5, 0.6) is 0 Å². The van der Waals surface area contributed by atoms with Crippen molar-refractivity contribution < 1.29 is 19.7 Å². The highest BCUT2D eigenvalue weighted by molar-refractivity contribution is 5.83. The van der Waals surface area contributed by atoms with Gasteiger partial charge in [0, 0.05) is 17.8 Å². The van der Waals surface area contributed by atoms with Gasteiger partial charge in [0.05, 0.1) is 19.3 Å². The number of aliphatic hydroxyl groups excluding tert-OH is 1. The number of hydrogen-bond donors (Lipinski definition) is 1. The van der Waals surface area contributed by atoms with Gasteiger partial charge in [0.1, 0.15) is 5.78 Å². The van der Waals surface area contributed by atoms with E-state index in [9.17, 15) is 9.90 Å². The van der Waals surface area contributed by atoms with Crippen molar-refractivity contribution in [2.75, 3.05) is 13.2 Å². The molecule has 0 bridgehead atoms. The Bertz CT molecular complexity index is 520. The second-order valence-electron chi connectivity index (χ2n) is 9.50. The Hall–Kier alpha value is -0.450. The molecule has 0 spiro atoms. The zero-order chi connectivity index (χ0) is 17.7. The number of carbonyl (C=O) groups is 1. The normalized spacial score (nSPS) is 49.4. The molecule has 0 amide bonds. The van der Waals surface area contributed by atoms with E-state index in [1.807, 2.05) is 6.92 Å². The third-order valence-electron chi connectivity index (χ3n) is 8.52. The third-order valence-corrected chi connectivity index (χ3v) is 8.52. The fourth-order valence-corrected chi connectivity index (χ4v) is 7.20. The Kier molecular flexibility index (Phi) is 4.75. The third kappa shape index (κ3) is 2.80. The average Bonchev–Trinajstić information content (AvgIpc) is 3.01. The molecule has 0 saturated heterocycles. The first-order chi connectivity index (χ1) is 12.0. The van der Waals surface area contributed by atoms with Gasteiger partial charge < -0.3 is 5.11 Å². The molecule has 0 aromatic heterocycles. The second-order valence-corrected chi connectivity index (χ2v) is 9.50. The van der Waals surface area contributed by atoms with Gasteiger partial charge in [0.25, 0.3) is 0 Å². The molecule has 0 aliphatic heterocycles. The average molecular weight is 350 g/mol. The number of rotatable bonds is 4. The fraction of sp³-hybridized carbons (Fsp3) is 0.952. The molecule has 0 aromatic rings. The summed E-state index contributed by atoms with van der Waals surface area (Å²) in [5.41, 5.74) is 0.400. The highest BCUT2D eigenvalue weighted by Crippen LogP contribution is 2.65. The maximum Gasteiger partial charge on any atom is 0.136 e. The first kappa shape index (κ1) is 17.9. The zero-order valence-corrected chi connectivity index (χ0v) is 15.8. The van der Waals surface area contributed by atoms with Crippen molar-refractivity contribution >= 4 is 5.78 Å². The predicted molar refractivity (Wildman–Crippen MR) is 94.6 cm³/mol. The number of carbonyl (C=O) groups excluding carboxylic acids is 1. The lowest BCUT2D eigenvalue weighted by Gasteiger charge is -2.59. The molecule has 0 aromatic carbocycles. The van der Waals surface area contributed by atoms with Gasteiger partial charge in [-0.25, -0.2) is 9.78 Å². The lowest BCUT2D eigenvalue weighted by molar-refractivity contribution is -0.314. The van der Waals surface area contributed by atoms with E-state index in [-0.39, 0.29) is 22.9 Å². The van der Waals surface area contributed by atoms with Crippen LogP contribution in [-0.2, 0) is 14.6 Å². The standard InChI is InChI=1S/C21H34O4/c1-3-24-25-13-21-8-4-5-17(21)19-16(7-10-21)20(2)9-6-15(22)11-14(20)12-18(19)23/h14-17,19,22H,3-13H2,1-2H3/t14-,15-,16+,17+,19-,20+,21+/m1/s1. The summed E-state index contributed by atoms with van der Waals surface area (Å²) in [6.07, 6.45) is 9.20. The highest BCUT2D eigenvalue weighted by atomic mass is 17.2. The minimum Gasteiger partial charge on any atom is -0.393 e. The van der Waals surface area contributed by atoms with E-state index in [1.54, 1.807) is 0 Å². The van der Waals surface area contributed by atoms with Crippen molar-refractivity contribution in [1.29, 1.82) is 0 Å². The van der Waals surface area contributed by atoms with E-state index in [0.717, 1.165) is 25.7 Å². The van der Waals surface area contributed by atoms with Crippen molar-refractivity contribution in [3.05, 3.63) is 0 Å². The van der Waals surface area contributed by atoms with Gasteiger partial charge in [-0.15, -0.1) is 0 Å². The number of Topliss-reactive ketones (excluding diaryl/α,β-unsaturated/α-hetero) is 1. The molecule has 4 fully saturated rings. The fourth-order valence-electron chi connectivity index (χ4n) is 7.20. The predicted octanol–water partition coefficient (Wildman–Crippen LogP) is 3.91. The quantitative estimate of drug-likeness (QED) is 0.474. The maximum atomic E-state index is 13.2. The van der Waals surface area contributed by atoms with Gasteiger partial charge in [-0.1, -0.05) is 13.3 Å². The molecule has 4 saturated carbocycles. The summed E-state index contributed by atoms with van der Waals surface area (Å²) in [5.74, 6) is 2.07. The molecule has 4 aliphatic rings. The summed E-state index contributed by atoms with van der Waals surface area (Å²) in [6.45, 7) is 5.60. The van der Waals surface area contributed by atoms with E-state index in [4.69, 9.17) is 9.78 Å². The van der Waals surface area contributed by atoms with E-state index in [2.05, 4.69) is 6.92 Å². The molecule has 1 N–H and O–H groups in total. The van der Waals surface area contributed by atoms with Gasteiger partial charge in [-0.3, -0.25) is 4.79 Å². The molecular formula is C21H34O4. The smallest absolute Gasteiger partial charge is 0.136 e. The Balaban J connectivity index is 1.59.